The van der Waals surface area contributed by atoms with E-state index in [4.69, 9.17) is 11.6 Å². The third-order valence-electron chi connectivity index (χ3n) is 3.17. The Hall–Kier alpha value is -1.85. The second-order valence-electron chi connectivity index (χ2n) is 4.65. The molecule has 6 heteroatoms. The van der Waals surface area contributed by atoms with Crippen LogP contribution in [0.1, 0.15) is 5.56 Å². The number of nitrogens with one attached hydrogen (secondary N) is 2. The number of anilines is 2. The normalized spacial score (nSPS) is 13.5. The molecule has 4 nitrogen and oxygen atoms in total. The fourth-order valence-electron chi connectivity index (χ4n) is 2.09. The summed E-state index contributed by atoms with van der Waals surface area (Å²) >= 11 is 7.41. The summed E-state index contributed by atoms with van der Waals surface area (Å²) in [4.78, 5) is 12.5. The highest BCUT2D eigenvalue weighted by Gasteiger charge is 2.15. The van der Waals surface area contributed by atoms with Gasteiger partial charge < -0.3 is 15.7 Å². The molecule has 1 amide bonds. The summed E-state index contributed by atoms with van der Waals surface area (Å²) in [7, 11) is 0. The van der Waals surface area contributed by atoms with Crippen LogP contribution in [0.15, 0.2) is 41.3 Å². The molecule has 0 radical (unpaired) electrons. The number of carbonyl (C=O) groups excluding carboxylic acids is 1. The van der Waals surface area contributed by atoms with E-state index < -0.39 is 0 Å². The van der Waals surface area contributed by atoms with Gasteiger partial charge in [-0.15, -0.1) is 11.8 Å². The van der Waals surface area contributed by atoms with Crippen LogP contribution in [0.3, 0.4) is 0 Å². The SMILES string of the molecule is O=C1CSc2ccc(NCc3cccc(Cl)c3O)cc2N1. The molecule has 0 atom stereocenters. The van der Waals surface area contributed by atoms with Crippen LogP contribution in [0, 0.1) is 0 Å². The Morgan fingerprint density at radius 2 is 2.19 bits per heavy atom. The van der Waals surface area contributed by atoms with Crippen molar-refractivity contribution in [3.63, 3.8) is 0 Å². The molecule has 108 valence electrons. The zero-order chi connectivity index (χ0) is 14.8. The number of thioether (sulfide) groups is 1. The largest absolute Gasteiger partial charge is 0.506 e. The quantitative estimate of drug-likeness (QED) is 0.807. The molecular formula is C15H13ClN2O2S. The van der Waals surface area contributed by atoms with Gasteiger partial charge in [0.25, 0.3) is 0 Å². The van der Waals surface area contributed by atoms with E-state index in [2.05, 4.69) is 10.6 Å². The van der Waals surface area contributed by atoms with E-state index in [-0.39, 0.29) is 11.7 Å². The van der Waals surface area contributed by atoms with Crippen molar-refractivity contribution in [2.24, 2.45) is 0 Å². The number of phenols is 1. The first kappa shape index (κ1) is 14.1. The van der Waals surface area contributed by atoms with Gasteiger partial charge >= 0.3 is 0 Å². The molecular weight excluding hydrogens is 308 g/mol. The molecule has 2 aromatic carbocycles. The fraction of sp³-hybridized carbons (Fsp3) is 0.133. The minimum absolute atomic E-state index is 0.0112. The predicted octanol–water partition coefficient (Wildman–Crippen LogP) is 3.70. The summed E-state index contributed by atoms with van der Waals surface area (Å²) in [5, 5.41) is 16.3. The minimum atomic E-state index is 0.0112. The zero-order valence-electron chi connectivity index (χ0n) is 11.0. The number of benzene rings is 2. The molecule has 1 heterocycles. The van der Waals surface area contributed by atoms with Crippen LogP contribution in [0.5, 0.6) is 5.75 Å². The second-order valence-corrected chi connectivity index (χ2v) is 6.07. The second kappa shape index (κ2) is 5.87. The van der Waals surface area contributed by atoms with Crippen LogP contribution in [-0.4, -0.2) is 16.8 Å². The molecule has 0 aliphatic carbocycles. The van der Waals surface area contributed by atoms with Gasteiger partial charge in [-0.3, -0.25) is 4.79 Å². The van der Waals surface area contributed by atoms with Crippen molar-refractivity contribution in [3.8, 4) is 5.75 Å². The lowest BCUT2D eigenvalue weighted by molar-refractivity contribution is -0.113. The predicted molar refractivity (Wildman–Crippen MR) is 86.2 cm³/mol. The fourth-order valence-corrected chi connectivity index (χ4v) is 3.08. The number of phenolic OH excluding ortho intramolecular Hbond substituents is 1. The van der Waals surface area contributed by atoms with Gasteiger partial charge in [0.15, 0.2) is 0 Å². The highest BCUT2D eigenvalue weighted by molar-refractivity contribution is 8.00. The third kappa shape index (κ3) is 3.09. The van der Waals surface area contributed by atoms with E-state index in [1.165, 1.54) is 11.8 Å². The molecule has 0 spiro atoms. The molecule has 3 N–H and O–H groups in total. The van der Waals surface area contributed by atoms with E-state index >= 15 is 0 Å². The topological polar surface area (TPSA) is 61.4 Å². The Kier molecular flexibility index (Phi) is 3.94. The first-order chi connectivity index (χ1) is 10.1. The zero-order valence-corrected chi connectivity index (χ0v) is 12.6. The molecule has 2 aromatic rings. The van der Waals surface area contributed by atoms with Gasteiger partial charge in [0.1, 0.15) is 5.75 Å². The Bertz CT molecular complexity index is 706. The van der Waals surface area contributed by atoms with Gasteiger partial charge in [-0.25, -0.2) is 0 Å². The lowest BCUT2D eigenvalue weighted by Gasteiger charge is -2.17. The summed E-state index contributed by atoms with van der Waals surface area (Å²) in [6.45, 7) is 0.451. The maximum absolute atomic E-state index is 11.4. The van der Waals surface area contributed by atoms with Crippen LogP contribution >= 0.6 is 23.4 Å². The van der Waals surface area contributed by atoms with Crippen molar-refractivity contribution < 1.29 is 9.90 Å². The molecule has 0 saturated carbocycles. The molecule has 1 aliphatic rings. The molecule has 0 aromatic heterocycles. The maximum Gasteiger partial charge on any atom is 0.234 e. The number of fused-ring (bicyclic) bond motifs is 1. The Morgan fingerprint density at radius 3 is 3.05 bits per heavy atom. The van der Waals surface area contributed by atoms with Crippen LogP contribution in [0.2, 0.25) is 5.02 Å². The molecule has 3 rings (SSSR count). The Balaban J connectivity index is 1.75. The van der Waals surface area contributed by atoms with E-state index in [0.717, 1.165) is 21.8 Å². The van der Waals surface area contributed by atoms with Crippen LogP contribution < -0.4 is 10.6 Å². The van der Waals surface area contributed by atoms with E-state index in [9.17, 15) is 9.90 Å². The van der Waals surface area contributed by atoms with Gasteiger partial charge in [-0.05, 0) is 24.3 Å². The Labute approximate surface area is 131 Å². The smallest absolute Gasteiger partial charge is 0.234 e. The molecule has 21 heavy (non-hydrogen) atoms. The average Bonchev–Trinajstić information content (AvgIpc) is 2.48. The standard InChI is InChI=1S/C15H13ClN2O2S/c16-11-3-1-2-9(15(11)20)7-17-10-4-5-13-12(6-10)18-14(19)8-21-13/h1-6,17,20H,7-8H2,(H,18,19). The van der Waals surface area contributed by atoms with Gasteiger partial charge in [0, 0.05) is 22.7 Å². The lowest BCUT2D eigenvalue weighted by Crippen LogP contribution is -2.18. The number of aromatic hydroxyl groups is 1. The van der Waals surface area contributed by atoms with Gasteiger partial charge in [-0.1, -0.05) is 23.7 Å². The number of amides is 1. The Morgan fingerprint density at radius 1 is 1.33 bits per heavy atom. The van der Waals surface area contributed by atoms with E-state index in [0.29, 0.717) is 17.3 Å². The van der Waals surface area contributed by atoms with Gasteiger partial charge in [0.05, 0.1) is 16.5 Å². The summed E-state index contributed by atoms with van der Waals surface area (Å²) < 4.78 is 0. The lowest BCUT2D eigenvalue weighted by atomic mass is 10.2. The first-order valence-corrected chi connectivity index (χ1v) is 7.77. The molecule has 0 saturated heterocycles. The number of carbonyl (C=O) groups is 1. The number of hydrogen-bond donors (Lipinski definition) is 3. The van der Waals surface area contributed by atoms with Crippen molar-refractivity contribution in [2.45, 2.75) is 11.4 Å². The van der Waals surface area contributed by atoms with Crippen LogP contribution in [0.4, 0.5) is 11.4 Å². The van der Waals surface area contributed by atoms with Crippen molar-refractivity contribution >= 4 is 40.6 Å². The summed E-state index contributed by atoms with van der Waals surface area (Å²) in [5.41, 5.74) is 2.41. The first-order valence-electron chi connectivity index (χ1n) is 6.40. The summed E-state index contributed by atoms with van der Waals surface area (Å²) in [5.74, 6) is 0.557. The average molecular weight is 321 g/mol. The molecule has 0 unspecified atom stereocenters. The summed E-state index contributed by atoms with van der Waals surface area (Å²) in [6.07, 6.45) is 0. The molecule has 1 aliphatic heterocycles. The van der Waals surface area contributed by atoms with Crippen molar-refractivity contribution in [1.29, 1.82) is 0 Å². The number of hydrogen-bond acceptors (Lipinski definition) is 4. The van der Waals surface area contributed by atoms with E-state index in [1.54, 1.807) is 12.1 Å². The minimum Gasteiger partial charge on any atom is -0.506 e. The summed E-state index contributed by atoms with van der Waals surface area (Å²) in [6, 6.07) is 11.1. The van der Waals surface area contributed by atoms with Crippen LogP contribution in [0.25, 0.3) is 0 Å². The highest BCUT2D eigenvalue weighted by atomic mass is 35.5. The van der Waals surface area contributed by atoms with E-state index in [1.807, 2.05) is 24.3 Å². The van der Waals surface area contributed by atoms with Crippen molar-refractivity contribution in [3.05, 3.63) is 47.0 Å². The molecule has 0 fully saturated rings. The van der Waals surface area contributed by atoms with Crippen LogP contribution in [-0.2, 0) is 11.3 Å². The number of rotatable bonds is 3. The van der Waals surface area contributed by atoms with Crippen molar-refractivity contribution in [1.82, 2.24) is 0 Å². The van der Waals surface area contributed by atoms with Gasteiger partial charge in [0.2, 0.25) is 5.91 Å². The third-order valence-corrected chi connectivity index (χ3v) is 4.54. The number of halogens is 1. The van der Waals surface area contributed by atoms with Crippen molar-refractivity contribution in [2.75, 3.05) is 16.4 Å². The highest BCUT2D eigenvalue weighted by Crippen LogP contribution is 2.34. The maximum atomic E-state index is 11.4. The number of para-hydroxylation sites is 1. The molecule has 0 bridgehead atoms. The monoisotopic (exact) mass is 320 g/mol. The van der Waals surface area contributed by atoms with Gasteiger partial charge in [-0.2, -0.15) is 0 Å².